The van der Waals surface area contributed by atoms with Crippen LogP contribution < -0.4 is 5.32 Å². The first-order chi connectivity index (χ1) is 12.8. The van der Waals surface area contributed by atoms with Crippen LogP contribution in [-0.4, -0.2) is 35.3 Å². The fourth-order valence-corrected chi connectivity index (χ4v) is 2.76. The molecule has 0 amide bonds. The van der Waals surface area contributed by atoms with Crippen molar-refractivity contribution in [3.05, 3.63) is 58.9 Å². The molecular formula is C18H19ClF3N3OS. The minimum absolute atomic E-state index is 0.106. The Morgan fingerprint density at radius 2 is 2.07 bits per heavy atom. The van der Waals surface area contributed by atoms with Crippen LogP contribution in [-0.2, 0) is 17.5 Å². The summed E-state index contributed by atoms with van der Waals surface area (Å²) in [6.07, 6.45) is -2.10. The number of hydrogen-bond donors (Lipinski definition) is 1. The zero-order valence-electron chi connectivity index (χ0n) is 14.6. The molecule has 1 aromatic carbocycles. The molecule has 4 nitrogen and oxygen atoms in total. The van der Waals surface area contributed by atoms with Crippen LogP contribution in [0.3, 0.4) is 0 Å². The molecule has 1 aromatic heterocycles. The van der Waals surface area contributed by atoms with Gasteiger partial charge in [-0.2, -0.15) is 13.2 Å². The second kappa shape index (κ2) is 9.87. The molecule has 0 bridgehead atoms. The summed E-state index contributed by atoms with van der Waals surface area (Å²) < 4.78 is 43.9. The van der Waals surface area contributed by atoms with E-state index in [1.807, 2.05) is 17.0 Å². The van der Waals surface area contributed by atoms with Gasteiger partial charge in [0.15, 0.2) is 5.11 Å². The fourth-order valence-electron chi connectivity index (χ4n) is 2.33. The summed E-state index contributed by atoms with van der Waals surface area (Å²) in [4.78, 5) is 6.08. The lowest BCUT2D eigenvalue weighted by molar-refractivity contribution is -0.137. The molecule has 0 spiro atoms. The molecule has 1 N–H and O–H groups in total. The van der Waals surface area contributed by atoms with Gasteiger partial charge in [-0.05, 0) is 49.0 Å². The first-order valence-electron chi connectivity index (χ1n) is 8.13. The van der Waals surface area contributed by atoms with Gasteiger partial charge in [-0.15, -0.1) is 0 Å². The lowest BCUT2D eigenvalue weighted by Gasteiger charge is -2.26. The Bertz CT molecular complexity index is 759. The topological polar surface area (TPSA) is 37.4 Å². The van der Waals surface area contributed by atoms with Gasteiger partial charge in [0.1, 0.15) is 0 Å². The number of thiocarbonyl (C=S) groups is 1. The number of benzene rings is 1. The molecule has 0 saturated carbocycles. The minimum atomic E-state index is -4.46. The van der Waals surface area contributed by atoms with Gasteiger partial charge in [-0.1, -0.05) is 17.7 Å². The summed E-state index contributed by atoms with van der Waals surface area (Å²) >= 11 is 11.5. The number of halogens is 4. The predicted octanol–water partition coefficient (Wildman–Crippen LogP) is 4.99. The molecule has 0 atom stereocenters. The number of nitrogens with zero attached hydrogens (tertiary/aromatic N) is 2. The molecule has 0 fully saturated rings. The van der Waals surface area contributed by atoms with E-state index in [4.69, 9.17) is 28.6 Å². The van der Waals surface area contributed by atoms with E-state index in [-0.39, 0.29) is 15.8 Å². The number of pyridine rings is 1. The summed E-state index contributed by atoms with van der Waals surface area (Å²) in [7, 11) is 1.60. The molecule has 0 unspecified atom stereocenters. The van der Waals surface area contributed by atoms with Gasteiger partial charge >= 0.3 is 6.18 Å². The van der Waals surface area contributed by atoms with E-state index in [1.54, 1.807) is 19.4 Å². The third kappa shape index (κ3) is 6.64. The lowest BCUT2D eigenvalue weighted by atomic mass is 10.2. The van der Waals surface area contributed by atoms with Gasteiger partial charge in [0.2, 0.25) is 0 Å². The Hall–Kier alpha value is -1.90. The molecule has 2 rings (SSSR count). The Morgan fingerprint density at radius 1 is 1.30 bits per heavy atom. The summed E-state index contributed by atoms with van der Waals surface area (Å²) in [6.45, 7) is 1.49. The number of alkyl halides is 3. The van der Waals surface area contributed by atoms with Gasteiger partial charge in [0.25, 0.3) is 0 Å². The van der Waals surface area contributed by atoms with Crippen LogP contribution in [0.15, 0.2) is 42.6 Å². The van der Waals surface area contributed by atoms with Gasteiger partial charge in [0.05, 0.1) is 28.5 Å². The van der Waals surface area contributed by atoms with Crippen LogP contribution in [0.4, 0.5) is 18.9 Å². The van der Waals surface area contributed by atoms with Crippen molar-refractivity contribution >= 4 is 34.6 Å². The van der Waals surface area contributed by atoms with Crippen molar-refractivity contribution in [1.82, 2.24) is 9.88 Å². The molecule has 27 heavy (non-hydrogen) atoms. The summed E-state index contributed by atoms with van der Waals surface area (Å²) in [5.74, 6) is 0. The second-order valence-corrected chi connectivity index (χ2v) is 6.51. The molecule has 0 aliphatic heterocycles. The Balaban J connectivity index is 2.17. The summed E-state index contributed by atoms with van der Waals surface area (Å²) in [6, 6.07) is 8.59. The number of hydrogen-bond acceptors (Lipinski definition) is 3. The Labute approximate surface area is 166 Å². The SMILES string of the molecule is COCCCN(Cc1ccccn1)C(=S)Nc1cc(C(F)(F)F)ccc1Cl. The van der Waals surface area contributed by atoms with E-state index >= 15 is 0 Å². The number of ether oxygens (including phenoxy) is 1. The number of aromatic nitrogens is 1. The van der Waals surface area contributed by atoms with Crippen molar-refractivity contribution < 1.29 is 17.9 Å². The van der Waals surface area contributed by atoms with Crippen molar-refractivity contribution in [1.29, 1.82) is 0 Å². The van der Waals surface area contributed by atoms with E-state index in [2.05, 4.69) is 10.3 Å². The highest BCUT2D eigenvalue weighted by Crippen LogP contribution is 2.34. The van der Waals surface area contributed by atoms with E-state index < -0.39 is 11.7 Å². The van der Waals surface area contributed by atoms with Crippen molar-refractivity contribution in [3.8, 4) is 0 Å². The first-order valence-corrected chi connectivity index (χ1v) is 8.91. The van der Waals surface area contributed by atoms with Crippen LogP contribution in [0.25, 0.3) is 0 Å². The van der Waals surface area contributed by atoms with Gasteiger partial charge < -0.3 is 15.0 Å². The highest BCUT2D eigenvalue weighted by molar-refractivity contribution is 7.80. The van der Waals surface area contributed by atoms with E-state index in [0.29, 0.717) is 26.1 Å². The van der Waals surface area contributed by atoms with Crippen molar-refractivity contribution in [3.63, 3.8) is 0 Å². The van der Waals surface area contributed by atoms with Crippen LogP contribution in [0.1, 0.15) is 17.7 Å². The van der Waals surface area contributed by atoms with Crippen LogP contribution >= 0.6 is 23.8 Å². The first kappa shape index (κ1) is 21.4. The Morgan fingerprint density at radius 3 is 2.70 bits per heavy atom. The number of rotatable bonds is 7. The smallest absolute Gasteiger partial charge is 0.385 e. The zero-order valence-corrected chi connectivity index (χ0v) is 16.2. The highest BCUT2D eigenvalue weighted by atomic mass is 35.5. The monoisotopic (exact) mass is 417 g/mol. The van der Waals surface area contributed by atoms with Gasteiger partial charge in [0, 0.05) is 26.5 Å². The maximum absolute atomic E-state index is 13.0. The van der Waals surface area contributed by atoms with E-state index in [0.717, 1.165) is 17.8 Å². The maximum atomic E-state index is 13.0. The highest BCUT2D eigenvalue weighted by Gasteiger charge is 2.31. The normalized spacial score (nSPS) is 11.3. The maximum Gasteiger partial charge on any atom is 0.416 e. The standard InChI is InChI=1S/C18H19ClF3N3OS/c1-26-10-4-9-25(12-14-5-2-3-8-23-14)17(27)24-16-11-13(18(20,21)22)6-7-15(16)19/h2-3,5-8,11H,4,9-10,12H2,1H3,(H,24,27). The molecule has 9 heteroatoms. The number of methoxy groups -OCH3 is 1. The van der Waals surface area contributed by atoms with E-state index in [9.17, 15) is 13.2 Å². The Kier molecular flexibility index (Phi) is 7.82. The van der Waals surface area contributed by atoms with Crippen LogP contribution in [0, 0.1) is 0 Å². The molecule has 1 heterocycles. The average Bonchev–Trinajstić information content (AvgIpc) is 2.62. The fraction of sp³-hybridized carbons (Fsp3) is 0.333. The molecule has 2 aromatic rings. The number of anilines is 1. The summed E-state index contributed by atoms with van der Waals surface area (Å²) in [5, 5.41) is 3.24. The third-order valence-corrected chi connectivity index (χ3v) is 4.37. The molecule has 0 saturated heterocycles. The quantitative estimate of drug-likeness (QED) is 0.507. The van der Waals surface area contributed by atoms with Crippen molar-refractivity contribution in [2.24, 2.45) is 0 Å². The minimum Gasteiger partial charge on any atom is -0.385 e. The van der Waals surface area contributed by atoms with Gasteiger partial charge in [-0.25, -0.2) is 0 Å². The predicted molar refractivity (Wildman–Crippen MR) is 104 cm³/mol. The van der Waals surface area contributed by atoms with Crippen molar-refractivity contribution in [2.45, 2.75) is 19.1 Å². The molecule has 0 radical (unpaired) electrons. The largest absolute Gasteiger partial charge is 0.416 e. The second-order valence-electron chi connectivity index (χ2n) is 5.71. The lowest BCUT2D eigenvalue weighted by Crippen LogP contribution is -2.35. The van der Waals surface area contributed by atoms with Gasteiger partial charge in [-0.3, -0.25) is 4.98 Å². The van der Waals surface area contributed by atoms with E-state index in [1.165, 1.54) is 6.07 Å². The molecular weight excluding hydrogens is 399 g/mol. The molecule has 146 valence electrons. The van der Waals surface area contributed by atoms with Crippen molar-refractivity contribution in [2.75, 3.05) is 25.6 Å². The zero-order chi connectivity index (χ0) is 19.9. The third-order valence-electron chi connectivity index (χ3n) is 3.68. The van der Waals surface area contributed by atoms with Crippen LogP contribution in [0.5, 0.6) is 0 Å². The molecule has 0 aliphatic rings. The molecule has 0 aliphatic carbocycles. The summed E-state index contributed by atoms with van der Waals surface area (Å²) in [5.41, 5.74) is 0.0938. The van der Waals surface area contributed by atoms with Crippen LogP contribution in [0.2, 0.25) is 5.02 Å². The average molecular weight is 418 g/mol. The number of nitrogens with one attached hydrogen (secondary N) is 1.